The van der Waals surface area contributed by atoms with E-state index in [2.05, 4.69) is 10.6 Å². The van der Waals surface area contributed by atoms with E-state index in [-0.39, 0.29) is 30.1 Å². The molecule has 0 aliphatic heterocycles. The van der Waals surface area contributed by atoms with Crippen molar-refractivity contribution < 1.29 is 14.3 Å². The number of ether oxygens (including phenoxy) is 1. The summed E-state index contributed by atoms with van der Waals surface area (Å²) in [4.78, 5) is 25.7. The smallest absolute Gasteiger partial charge is 0.407 e. The van der Waals surface area contributed by atoms with Gasteiger partial charge in [0.2, 0.25) is 5.91 Å². The first-order valence-corrected chi connectivity index (χ1v) is 8.63. The Hall–Kier alpha value is -1.30. The summed E-state index contributed by atoms with van der Waals surface area (Å²) in [5.74, 6) is 0.106. The quantitative estimate of drug-likeness (QED) is 0.813. The number of carbonyl (C=O) groups is 2. The number of nitrogens with zero attached hydrogens (tertiary/aromatic N) is 1. The third-order valence-corrected chi connectivity index (χ3v) is 4.10. The van der Waals surface area contributed by atoms with Crippen LogP contribution in [0, 0.1) is 0 Å². The monoisotopic (exact) mass is 327 g/mol. The first kappa shape index (κ1) is 19.7. The van der Waals surface area contributed by atoms with E-state index in [1.807, 2.05) is 41.7 Å². The van der Waals surface area contributed by atoms with Crippen molar-refractivity contribution in [1.82, 2.24) is 15.5 Å². The largest absolute Gasteiger partial charge is 0.444 e. The van der Waals surface area contributed by atoms with Gasteiger partial charge in [0.15, 0.2) is 0 Å². The molecule has 0 radical (unpaired) electrons. The average molecular weight is 327 g/mol. The molecule has 1 fully saturated rings. The second-order valence-electron chi connectivity index (χ2n) is 7.45. The van der Waals surface area contributed by atoms with Gasteiger partial charge in [-0.15, -0.1) is 0 Å². The van der Waals surface area contributed by atoms with Crippen molar-refractivity contribution in [3.8, 4) is 0 Å². The van der Waals surface area contributed by atoms with Crippen molar-refractivity contribution in [2.24, 2.45) is 0 Å². The molecule has 134 valence electrons. The molecule has 0 aromatic rings. The van der Waals surface area contributed by atoms with Gasteiger partial charge in [0.1, 0.15) is 5.60 Å². The molecule has 6 heteroatoms. The van der Waals surface area contributed by atoms with Crippen LogP contribution in [0.5, 0.6) is 0 Å². The molecular formula is C17H33N3O3. The number of likely N-dealkylation sites (N-methyl/N-ethyl adjacent to an activating group) is 1. The highest BCUT2D eigenvalue weighted by Gasteiger charge is 2.27. The van der Waals surface area contributed by atoms with Crippen LogP contribution < -0.4 is 10.6 Å². The molecule has 1 saturated carbocycles. The second kappa shape index (κ2) is 8.52. The number of nitrogens with one attached hydrogen (secondary N) is 2. The second-order valence-corrected chi connectivity index (χ2v) is 7.45. The zero-order valence-corrected chi connectivity index (χ0v) is 15.4. The molecule has 0 spiro atoms. The number of amides is 2. The highest BCUT2D eigenvalue weighted by Crippen LogP contribution is 2.20. The number of rotatable bonds is 5. The number of alkyl carbamates (subject to hydrolysis) is 1. The van der Waals surface area contributed by atoms with Crippen LogP contribution in [0.4, 0.5) is 4.79 Å². The maximum atomic E-state index is 12.1. The van der Waals surface area contributed by atoms with Crippen LogP contribution in [0.15, 0.2) is 0 Å². The fourth-order valence-corrected chi connectivity index (χ4v) is 2.86. The predicted molar refractivity (Wildman–Crippen MR) is 91.3 cm³/mol. The lowest BCUT2D eigenvalue weighted by molar-refractivity contribution is -0.131. The first-order chi connectivity index (χ1) is 10.6. The Kier molecular flexibility index (Phi) is 7.32. The van der Waals surface area contributed by atoms with Gasteiger partial charge in [-0.3, -0.25) is 4.79 Å². The van der Waals surface area contributed by atoms with Crippen molar-refractivity contribution >= 4 is 12.0 Å². The molecular weight excluding hydrogens is 294 g/mol. The summed E-state index contributed by atoms with van der Waals surface area (Å²) < 4.78 is 5.31. The van der Waals surface area contributed by atoms with E-state index >= 15 is 0 Å². The average Bonchev–Trinajstić information content (AvgIpc) is 2.43. The molecule has 0 saturated heterocycles. The van der Waals surface area contributed by atoms with Crippen LogP contribution in [0.25, 0.3) is 0 Å². The van der Waals surface area contributed by atoms with Crippen molar-refractivity contribution in [3.05, 3.63) is 0 Å². The molecule has 3 atom stereocenters. The molecule has 0 aromatic carbocycles. The van der Waals surface area contributed by atoms with Gasteiger partial charge in [-0.25, -0.2) is 4.79 Å². The van der Waals surface area contributed by atoms with E-state index in [0.717, 1.165) is 25.7 Å². The van der Waals surface area contributed by atoms with Gasteiger partial charge in [0.05, 0.1) is 6.04 Å². The van der Waals surface area contributed by atoms with Crippen LogP contribution in [0.2, 0.25) is 0 Å². The Bertz CT molecular complexity index is 406. The predicted octanol–water partition coefficient (Wildman–Crippen LogP) is 2.28. The maximum absolute atomic E-state index is 12.1. The Morgan fingerprint density at radius 2 is 1.87 bits per heavy atom. The van der Waals surface area contributed by atoms with Crippen molar-refractivity contribution in [2.45, 2.75) is 84.0 Å². The zero-order valence-electron chi connectivity index (χ0n) is 15.4. The maximum Gasteiger partial charge on any atom is 0.407 e. The normalized spacial score (nSPS) is 23.0. The van der Waals surface area contributed by atoms with Crippen LogP contribution >= 0.6 is 0 Å². The van der Waals surface area contributed by atoms with E-state index in [1.165, 1.54) is 0 Å². The third-order valence-electron chi connectivity index (χ3n) is 4.10. The van der Waals surface area contributed by atoms with Crippen molar-refractivity contribution in [2.75, 3.05) is 13.6 Å². The summed E-state index contributed by atoms with van der Waals surface area (Å²) in [5.41, 5.74) is -0.484. The number of hydrogen-bond donors (Lipinski definition) is 2. The molecule has 0 bridgehead atoms. The highest BCUT2D eigenvalue weighted by atomic mass is 16.6. The lowest BCUT2D eigenvalue weighted by atomic mass is 9.90. The molecule has 6 nitrogen and oxygen atoms in total. The van der Waals surface area contributed by atoms with Crippen LogP contribution in [-0.4, -0.2) is 54.2 Å². The Morgan fingerprint density at radius 1 is 1.26 bits per heavy atom. The van der Waals surface area contributed by atoms with Gasteiger partial charge in [-0.05, 0) is 60.3 Å². The molecule has 2 N–H and O–H groups in total. The molecule has 3 unspecified atom stereocenters. The van der Waals surface area contributed by atoms with E-state index < -0.39 is 5.60 Å². The van der Waals surface area contributed by atoms with Crippen LogP contribution in [-0.2, 0) is 9.53 Å². The Labute approximate surface area is 140 Å². The molecule has 1 aliphatic rings. The number of hydrogen-bond acceptors (Lipinski definition) is 4. The van der Waals surface area contributed by atoms with E-state index in [9.17, 15) is 9.59 Å². The van der Waals surface area contributed by atoms with Gasteiger partial charge >= 0.3 is 6.09 Å². The molecule has 1 rings (SSSR count). The molecule has 0 heterocycles. The van der Waals surface area contributed by atoms with Crippen LogP contribution in [0.3, 0.4) is 0 Å². The van der Waals surface area contributed by atoms with E-state index in [0.29, 0.717) is 6.54 Å². The lowest BCUT2D eigenvalue weighted by Crippen LogP contribution is -2.51. The third kappa shape index (κ3) is 7.20. The summed E-state index contributed by atoms with van der Waals surface area (Å²) in [7, 11) is 1.81. The molecule has 0 aromatic heterocycles. The van der Waals surface area contributed by atoms with Crippen molar-refractivity contribution in [1.29, 1.82) is 0 Å². The van der Waals surface area contributed by atoms with E-state index in [1.54, 1.807) is 4.90 Å². The first-order valence-electron chi connectivity index (χ1n) is 8.63. The Morgan fingerprint density at radius 3 is 2.43 bits per heavy atom. The molecule has 23 heavy (non-hydrogen) atoms. The minimum Gasteiger partial charge on any atom is -0.444 e. The SMILES string of the molecule is CCN(C)C(=O)C(C)NC1CCCC(NC(=O)OC(C)(C)C)C1. The van der Waals surface area contributed by atoms with Gasteiger partial charge < -0.3 is 20.3 Å². The van der Waals surface area contributed by atoms with Crippen molar-refractivity contribution in [3.63, 3.8) is 0 Å². The zero-order chi connectivity index (χ0) is 17.6. The summed E-state index contributed by atoms with van der Waals surface area (Å²) in [5, 5.41) is 6.35. The summed E-state index contributed by atoms with van der Waals surface area (Å²) in [6.07, 6.45) is 3.47. The van der Waals surface area contributed by atoms with Gasteiger partial charge in [0, 0.05) is 25.7 Å². The topological polar surface area (TPSA) is 70.7 Å². The fourth-order valence-electron chi connectivity index (χ4n) is 2.86. The van der Waals surface area contributed by atoms with E-state index in [4.69, 9.17) is 4.74 Å². The minimum atomic E-state index is -0.484. The van der Waals surface area contributed by atoms with Gasteiger partial charge in [0.25, 0.3) is 0 Å². The summed E-state index contributed by atoms with van der Waals surface area (Å²) in [6, 6.07) is 0.139. The number of carbonyl (C=O) groups excluding carboxylic acids is 2. The highest BCUT2D eigenvalue weighted by molar-refractivity contribution is 5.81. The van der Waals surface area contributed by atoms with Gasteiger partial charge in [-0.2, -0.15) is 0 Å². The van der Waals surface area contributed by atoms with Crippen LogP contribution in [0.1, 0.15) is 60.3 Å². The minimum absolute atomic E-state index is 0.0994. The van der Waals surface area contributed by atoms with Gasteiger partial charge in [-0.1, -0.05) is 0 Å². The Balaban J connectivity index is 2.45. The molecule has 1 aliphatic carbocycles. The standard InChI is InChI=1S/C17H33N3O3/c1-7-20(6)15(21)12(2)18-13-9-8-10-14(11-13)19-16(22)23-17(3,4)5/h12-14,18H,7-11H2,1-6H3,(H,19,22). The summed E-state index contributed by atoms with van der Waals surface area (Å²) >= 11 is 0. The molecule has 2 amide bonds. The summed E-state index contributed by atoms with van der Waals surface area (Å²) in [6.45, 7) is 10.1. The fraction of sp³-hybridized carbons (Fsp3) is 0.882. The lowest BCUT2D eigenvalue weighted by Gasteiger charge is -2.33.